The normalized spacial score (nSPS) is 12.5. The van der Waals surface area contributed by atoms with E-state index in [0.29, 0.717) is 0 Å². The lowest BCUT2D eigenvalue weighted by Gasteiger charge is -2.08. The summed E-state index contributed by atoms with van der Waals surface area (Å²) in [6.45, 7) is 4.64. The van der Waals surface area contributed by atoms with Gasteiger partial charge in [-0.3, -0.25) is 0 Å². The van der Waals surface area contributed by atoms with Gasteiger partial charge in [-0.2, -0.15) is 0 Å². The number of ether oxygens (including phenoxy) is 1. The molecule has 0 saturated carbocycles. The number of hydrogen-bond donors (Lipinski definition) is 1. The van der Waals surface area contributed by atoms with Gasteiger partial charge < -0.3 is 9.84 Å². The molecule has 1 aromatic rings. The maximum atomic E-state index is 9.36. The van der Waals surface area contributed by atoms with Crippen LogP contribution in [0.5, 0.6) is 5.75 Å². The van der Waals surface area contributed by atoms with Gasteiger partial charge in [-0.1, -0.05) is 25.5 Å². The molecule has 2 heteroatoms. The summed E-state index contributed by atoms with van der Waals surface area (Å²) in [7, 11) is 0. The van der Waals surface area contributed by atoms with Gasteiger partial charge in [0, 0.05) is 0 Å². The first-order valence-electron chi connectivity index (χ1n) is 5.15. The number of aliphatic hydroxyl groups is 1. The first-order valence-corrected chi connectivity index (χ1v) is 5.15. The summed E-state index contributed by atoms with van der Waals surface area (Å²) >= 11 is 0. The minimum atomic E-state index is -0.426. The Bertz CT molecular complexity index is 269. The van der Waals surface area contributed by atoms with Crippen LogP contribution in [0.3, 0.4) is 0 Å². The zero-order valence-electron chi connectivity index (χ0n) is 8.86. The SMILES string of the molecule is CCCCOc1cccc([C@@H](C)O)c1. The third-order valence-corrected chi connectivity index (χ3v) is 2.11. The lowest BCUT2D eigenvalue weighted by atomic mass is 10.1. The molecule has 0 bridgehead atoms. The van der Waals surface area contributed by atoms with Crippen LogP contribution in [0.1, 0.15) is 38.4 Å². The van der Waals surface area contributed by atoms with Crippen molar-refractivity contribution in [1.29, 1.82) is 0 Å². The molecular formula is C12H18O2. The Morgan fingerprint density at radius 2 is 2.21 bits per heavy atom. The van der Waals surface area contributed by atoms with Gasteiger partial charge in [0.25, 0.3) is 0 Å². The molecule has 1 rings (SSSR count). The predicted molar refractivity (Wildman–Crippen MR) is 57.5 cm³/mol. The van der Waals surface area contributed by atoms with E-state index in [1.807, 2.05) is 24.3 Å². The highest BCUT2D eigenvalue weighted by atomic mass is 16.5. The quantitative estimate of drug-likeness (QED) is 0.730. The van der Waals surface area contributed by atoms with Crippen molar-refractivity contribution in [1.82, 2.24) is 0 Å². The topological polar surface area (TPSA) is 29.5 Å². The molecule has 0 spiro atoms. The molecule has 14 heavy (non-hydrogen) atoms. The number of hydrogen-bond acceptors (Lipinski definition) is 2. The summed E-state index contributed by atoms with van der Waals surface area (Å²) in [5, 5.41) is 9.36. The first kappa shape index (κ1) is 11.1. The second-order valence-corrected chi connectivity index (χ2v) is 3.45. The predicted octanol–water partition coefficient (Wildman–Crippen LogP) is 2.92. The molecule has 0 aromatic heterocycles. The average Bonchev–Trinajstić information content (AvgIpc) is 2.19. The Morgan fingerprint density at radius 1 is 1.43 bits per heavy atom. The molecular weight excluding hydrogens is 176 g/mol. The fraction of sp³-hybridized carbons (Fsp3) is 0.500. The van der Waals surface area contributed by atoms with Crippen LogP contribution < -0.4 is 4.74 Å². The van der Waals surface area contributed by atoms with Gasteiger partial charge in [-0.15, -0.1) is 0 Å². The second kappa shape index (κ2) is 5.66. The van der Waals surface area contributed by atoms with Crippen molar-refractivity contribution < 1.29 is 9.84 Å². The fourth-order valence-electron chi connectivity index (χ4n) is 1.20. The van der Waals surface area contributed by atoms with Gasteiger partial charge in [0.05, 0.1) is 12.7 Å². The standard InChI is InChI=1S/C12H18O2/c1-3-4-8-14-12-7-5-6-11(9-12)10(2)13/h5-7,9-10,13H,3-4,8H2,1-2H3/t10-/m1/s1. The first-order chi connectivity index (χ1) is 6.74. The van der Waals surface area contributed by atoms with Crippen molar-refractivity contribution in [3.8, 4) is 5.75 Å². The lowest BCUT2D eigenvalue weighted by Crippen LogP contribution is -1.98. The molecule has 1 aromatic carbocycles. The minimum absolute atomic E-state index is 0.426. The Hall–Kier alpha value is -1.02. The molecule has 0 fully saturated rings. The summed E-state index contributed by atoms with van der Waals surface area (Å²) in [6.07, 6.45) is 1.78. The van der Waals surface area contributed by atoms with E-state index < -0.39 is 6.10 Å². The van der Waals surface area contributed by atoms with Crippen LogP contribution >= 0.6 is 0 Å². The van der Waals surface area contributed by atoms with Gasteiger partial charge in [-0.25, -0.2) is 0 Å². The molecule has 0 heterocycles. The van der Waals surface area contributed by atoms with E-state index >= 15 is 0 Å². The van der Waals surface area contributed by atoms with Crippen LogP contribution in [-0.2, 0) is 0 Å². The summed E-state index contributed by atoms with van der Waals surface area (Å²) < 4.78 is 5.53. The highest BCUT2D eigenvalue weighted by molar-refractivity contribution is 5.29. The number of unbranched alkanes of at least 4 members (excludes halogenated alkanes) is 1. The zero-order chi connectivity index (χ0) is 10.4. The van der Waals surface area contributed by atoms with Gasteiger partial charge >= 0.3 is 0 Å². The molecule has 0 aliphatic carbocycles. The summed E-state index contributed by atoms with van der Waals surface area (Å²) in [5.41, 5.74) is 0.902. The summed E-state index contributed by atoms with van der Waals surface area (Å²) in [5.74, 6) is 0.844. The number of aliphatic hydroxyl groups excluding tert-OH is 1. The maximum Gasteiger partial charge on any atom is 0.119 e. The molecule has 1 atom stereocenters. The van der Waals surface area contributed by atoms with Crippen molar-refractivity contribution in [3.05, 3.63) is 29.8 Å². The van der Waals surface area contributed by atoms with Crippen molar-refractivity contribution in [2.75, 3.05) is 6.61 Å². The molecule has 0 amide bonds. The van der Waals surface area contributed by atoms with Crippen molar-refractivity contribution in [3.63, 3.8) is 0 Å². The van der Waals surface area contributed by atoms with E-state index in [2.05, 4.69) is 6.92 Å². The van der Waals surface area contributed by atoms with E-state index in [9.17, 15) is 5.11 Å². The Labute approximate surface area is 85.5 Å². The van der Waals surface area contributed by atoms with Gasteiger partial charge in [0.2, 0.25) is 0 Å². The Balaban J connectivity index is 2.55. The third-order valence-electron chi connectivity index (χ3n) is 2.11. The number of rotatable bonds is 5. The van der Waals surface area contributed by atoms with Gasteiger partial charge in [0.15, 0.2) is 0 Å². The monoisotopic (exact) mass is 194 g/mol. The molecule has 0 aliphatic rings. The largest absolute Gasteiger partial charge is 0.494 e. The van der Waals surface area contributed by atoms with Crippen LogP contribution in [0.2, 0.25) is 0 Å². The van der Waals surface area contributed by atoms with Crippen LogP contribution in [0, 0.1) is 0 Å². The highest BCUT2D eigenvalue weighted by Crippen LogP contribution is 2.18. The van der Waals surface area contributed by atoms with Gasteiger partial charge in [-0.05, 0) is 31.0 Å². The smallest absolute Gasteiger partial charge is 0.119 e. The van der Waals surface area contributed by atoms with Gasteiger partial charge in [0.1, 0.15) is 5.75 Å². The maximum absolute atomic E-state index is 9.36. The van der Waals surface area contributed by atoms with E-state index in [-0.39, 0.29) is 0 Å². The van der Waals surface area contributed by atoms with Crippen molar-refractivity contribution in [2.24, 2.45) is 0 Å². The highest BCUT2D eigenvalue weighted by Gasteiger charge is 2.01. The summed E-state index contributed by atoms with van der Waals surface area (Å²) in [6, 6.07) is 7.61. The molecule has 1 N–H and O–H groups in total. The molecule has 0 aliphatic heterocycles. The van der Waals surface area contributed by atoms with E-state index in [1.54, 1.807) is 6.92 Å². The molecule has 0 radical (unpaired) electrons. The summed E-state index contributed by atoms with van der Waals surface area (Å²) in [4.78, 5) is 0. The van der Waals surface area contributed by atoms with Crippen LogP contribution in [0.4, 0.5) is 0 Å². The van der Waals surface area contributed by atoms with Crippen LogP contribution in [0.15, 0.2) is 24.3 Å². The van der Waals surface area contributed by atoms with Crippen LogP contribution in [-0.4, -0.2) is 11.7 Å². The molecule has 0 unspecified atom stereocenters. The van der Waals surface area contributed by atoms with E-state index in [0.717, 1.165) is 30.8 Å². The molecule has 0 saturated heterocycles. The fourth-order valence-corrected chi connectivity index (χ4v) is 1.20. The lowest BCUT2D eigenvalue weighted by molar-refractivity contribution is 0.198. The molecule has 2 nitrogen and oxygen atoms in total. The Kier molecular flexibility index (Phi) is 4.47. The third kappa shape index (κ3) is 3.38. The van der Waals surface area contributed by atoms with Crippen LogP contribution in [0.25, 0.3) is 0 Å². The minimum Gasteiger partial charge on any atom is -0.494 e. The average molecular weight is 194 g/mol. The zero-order valence-corrected chi connectivity index (χ0v) is 8.86. The number of benzene rings is 1. The van der Waals surface area contributed by atoms with Crippen molar-refractivity contribution in [2.45, 2.75) is 32.8 Å². The second-order valence-electron chi connectivity index (χ2n) is 3.45. The molecule has 78 valence electrons. The van der Waals surface area contributed by atoms with E-state index in [1.165, 1.54) is 0 Å². The Morgan fingerprint density at radius 3 is 2.86 bits per heavy atom. The van der Waals surface area contributed by atoms with Crippen molar-refractivity contribution >= 4 is 0 Å². The van der Waals surface area contributed by atoms with E-state index in [4.69, 9.17) is 4.74 Å².